The Morgan fingerprint density at radius 2 is 1.76 bits per heavy atom. The Bertz CT molecular complexity index is 1740. The summed E-state index contributed by atoms with van der Waals surface area (Å²) in [7, 11) is 0. The molecule has 3 aromatic heterocycles. The average molecular weight is 447 g/mol. The largest absolute Gasteiger partial charge is 0.337 e. The summed E-state index contributed by atoms with van der Waals surface area (Å²) in [5.74, 6) is 0.878. The standard InChI is InChI=1S/C27H21N5O2/c1-17-10-11-20(14-18(17)2)26-28-25(34-30-26)16-31-12-13-32-24(27(31)33)15-23(29-32)22-9-5-7-19-6-3-4-8-21(19)22/h3-15H,16H2,1-2H3. The van der Waals surface area contributed by atoms with Crippen molar-refractivity contribution in [1.29, 1.82) is 0 Å². The number of rotatable bonds is 4. The zero-order valence-corrected chi connectivity index (χ0v) is 18.8. The maximum absolute atomic E-state index is 13.2. The van der Waals surface area contributed by atoms with Gasteiger partial charge in [-0.15, -0.1) is 0 Å². The van der Waals surface area contributed by atoms with Crippen molar-refractivity contribution in [3.63, 3.8) is 0 Å². The van der Waals surface area contributed by atoms with Crippen molar-refractivity contribution in [2.24, 2.45) is 0 Å². The quantitative estimate of drug-likeness (QED) is 0.379. The van der Waals surface area contributed by atoms with E-state index in [0.717, 1.165) is 33.2 Å². The van der Waals surface area contributed by atoms with Crippen LogP contribution in [0.3, 0.4) is 0 Å². The predicted molar refractivity (Wildman–Crippen MR) is 131 cm³/mol. The third kappa shape index (κ3) is 3.38. The number of nitrogens with zero attached hydrogens (tertiary/aromatic N) is 5. The summed E-state index contributed by atoms with van der Waals surface area (Å²) in [6.45, 7) is 4.29. The average Bonchev–Trinajstić information content (AvgIpc) is 3.50. The van der Waals surface area contributed by atoms with Crippen LogP contribution >= 0.6 is 0 Å². The monoisotopic (exact) mass is 447 g/mol. The second-order valence-electron chi connectivity index (χ2n) is 8.43. The Kier molecular flexibility index (Phi) is 4.62. The molecule has 0 aliphatic heterocycles. The number of benzene rings is 3. The zero-order valence-electron chi connectivity index (χ0n) is 18.8. The molecular formula is C27H21N5O2. The highest BCUT2D eigenvalue weighted by atomic mass is 16.5. The summed E-state index contributed by atoms with van der Waals surface area (Å²) in [6.07, 6.45) is 3.46. The van der Waals surface area contributed by atoms with Gasteiger partial charge in [0.05, 0.1) is 5.69 Å². The molecule has 0 unspecified atom stereocenters. The fourth-order valence-electron chi connectivity index (χ4n) is 4.19. The van der Waals surface area contributed by atoms with Crippen LogP contribution < -0.4 is 5.56 Å². The van der Waals surface area contributed by atoms with Crippen LogP contribution in [0.25, 0.3) is 38.9 Å². The highest BCUT2D eigenvalue weighted by Crippen LogP contribution is 2.28. The van der Waals surface area contributed by atoms with Gasteiger partial charge in [0, 0.05) is 23.5 Å². The molecule has 0 aliphatic carbocycles. The molecule has 0 saturated carbocycles. The first-order valence-electron chi connectivity index (χ1n) is 11.0. The molecule has 166 valence electrons. The van der Waals surface area contributed by atoms with Gasteiger partial charge in [-0.25, -0.2) is 4.52 Å². The number of aromatic nitrogens is 5. The summed E-state index contributed by atoms with van der Waals surface area (Å²) in [4.78, 5) is 17.7. The Hall–Kier alpha value is -4.52. The van der Waals surface area contributed by atoms with E-state index < -0.39 is 0 Å². The van der Waals surface area contributed by atoms with Gasteiger partial charge in [-0.2, -0.15) is 10.1 Å². The highest BCUT2D eigenvalue weighted by molar-refractivity contribution is 5.96. The lowest BCUT2D eigenvalue weighted by Crippen LogP contribution is -2.21. The maximum Gasteiger partial charge on any atom is 0.277 e. The van der Waals surface area contributed by atoms with E-state index in [-0.39, 0.29) is 12.1 Å². The van der Waals surface area contributed by atoms with E-state index in [2.05, 4.69) is 40.4 Å². The SMILES string of the molecule is Cc1ccc(-c2noc(Cn3ccn4nc(-c5cccc6ccccc56)cc4c3=O)n2)cc1C. The van der Waals surface area contributed by atoms with E-state index in [1.165, 1.54) is 5.56 Å². The second kappa shape index (κ2) is 7.81. The fraction of sp³-hybridized carbons (Fsp3) is 0.111. The molecule has 0 saturated heterocycles. The molecule has 0 spiro atoms. The van der Waals surface area contributed by atoms with Gasteiger partial charge in [0.2, 0.25) is 11.7 Å². The minimum atomic E-state index is -0.174. The number of fused-ring (bicyclic) bond motifs is 2. The van der Waals surface area contributed by atoms with Crippen molar-refractivity contribution in [1.82, 2.24) is 24.3 Å². The lowest BCUT2D eigenvalue weighted by atomic mass is 10.0. The molecule has 0 bridgehead atoms. The predicted octanol–water partition coefficient (Wildman–Crippen LogP) is 5.03. The van der Waals surface area contributed by atoms with Gasteiger partial charge >= 0.3 is 0 Å². The van der Waals surface area contributed by atoms with Gasteiger partial charge < -0.3 is 9.09 Å². The van der Waals surface area contributed by atoms with Gasteiger partial charge in [0.15, 0.2) is 0 Å². The Morgan fingerprint density at radius 1 is 0.912 bits per heavy atom. The smallest absolute Gasteiger partial charge is 0.277 e. The molecular weight excluding hydrogens is 426 g/mol. The van der Waals surface area contributed by atoms with Crippen LogP contribution in [0, 0.1) is 13.8 Å². The molecule has 7 heteroatoms. The van der Waals surface area contributed by atoms with Crippen molar-refractivity contribution in [3.8, 4) is 22.6 Å². The second-order valence-corrected chi connectivity index (χ2v) is 8.43. The zero-order chi connectivity index (χ0) is 23.2. The topological polar surface area (TPSA) is 78.2 Å². The maximum atomic E-state index is 13.2. The minimum absolute atomic E-state index is 0.174. The number of hydrogen-bond donors (Lipinski definition) is 0. The molecule has 6 rings (SSSR count). The van der Waals surface area contributed by atoms with Crippen LogP contribution in [-0.2, 0) is 6.54 Å². The molecule has 3 heterocycles. The molecule has 0 atom stereocenters. The summed E-state index contributed by atoms with van der Waals surface area (Å²) in [6, 6.07) is 22.1. The minimum Gasteiger partial charge on any atom is -0.337 e. The van der Waals surface area contributed by atoms with Crippen LogP contribution in [0.4, 0.5) is 0 Å². The van der Waals surface area contributed by atoms with Crippen molar-refractivity contribution in [3.05, 3.63) is 106 Å². The molecule has 0 amide bonds. The summed E-state index contributed by atoms with van der Waals surface area (Å²) in [5.41, 5.74) is 5.30. The molecule has 3 aromatic carbocycles. The molecule has 0 fully saturated rings. The van der Waals surface area contributed by atoms with E-state index in [1.54, 1.807) is 21.5 Å². The Morgan fingerprint density at radius 3 is 2.65 bits per heavy atom. The molecule has 0 aliphatic rings. The summed E-state index contributed by atoms with van der Waals surface area (Å²) < 4.78 is 8.61. The van der Waals surface area contributed by atoms with Crippen LogP contribution in [0.1, 0.15) is 17.0 Å². The Balaban J connectivity index is 1.35. The third-order valence-corrected chi connectivity index (χ3v) is 6.21. The molecule has 0 radical (unpaired) electrons. The molecule has 7 nitrogen and oxygen atoms in total. The number of hydrogen-bond acceptors (Lipinski definition) is 5. The van der Waals surface area contributed by atoms with Crippen LogP contribution in [0.5, 0.6) is 0 Å². The first-order valence-corrected chi connectivity index (χ1v) is 11.0. The Labute approximate surface area is 194 Å². The van der Waals surface area contributed by atoms with Crippen LogP contribution in [0.2, 0.25) is 0 Å². The van der Waals surface area contributed by atoms with Crippen molar-refractivity contribution >= 4 is 16.3 Å². The van der Waals surface area contributed by atoms with Gasteiger partial charge in [-0.3, -0.25) is 4.79 Å². The molecule has 34 heavy (non-hydrogen) atoms. The van der Waals surface area contributed by atoms with Crippen molar-refractivity contribution in [2.45, 2.75) is 20.4 Å². The molecule has 6 aromatic rings. The van der Waals surface area contributed by atoms with E-state index in [0.29, 0.717) is 17.2 Å². The summed E-state index contributed by atoms with van der Waals surface area (Å²) >= 11 is 0. The van der Waals surface area contributed by atoms with Crippen molar-refractivity contribution in [2.75, 3.05) is 0 Å². The lowest BCUT2D eigenvalue weighted by molar-refractivity contribution is 0.370. The lowest BCUT2D eigenvalue weighted by Gasteiger charge is -2.03. The van der Waals surface area contributed by atoms with Crippen LogP contribution in [0.15, 0.2) is 88.4 Å². The van der Waals surface area contributed by atoms with E-state index >= 15 is 0 Å². The first-order chi connectivity index (χ1) is 16.6. The van der Waals surface area contributed by atoms with Gasteiger partial charge in [0.1, 0.15) is 12.1 Å². The van der Waals surface area contributed by atoms with Crippen LogP contribution in [-0.4, -0.2) is 24.3 Å². The fourth-order valence-corrected chi connectivity index (χ4v) is 4.19. The number of aryl methyl sites for hydroxylation is 2. The van der Waals surface area contributed by atoms with E-state index in [1.807, 2.05) is 55.5 Å². The van der Waals surface area contributed by atoms with Gasteiger partial charge in [-0.1, -0.05) is 59.8 Å². The van der Waals surface area contributed by atoms with Gasteiger partial charge in [0.25, 0.3) is 5.56 Å². The molecule has 0 N–H and O–H groups in total. The third-order valence-electron chi connectivity index (χ3n) is 6.21. The first kappa shape index (κ1) is 20.1. The van der Waals surface area contributed by atoms with Crippen molar-refractivity contribution < 1.29 is 4.52 Å². The summed E-state index contributed by atoms with van der Waals surface area (Å²) in [5, 5.41) is 11.0. The van der Waals surface area contributed by atoms with E-state index in [4.69, 9.17) is 4.52 Å². The van der Waals surface area contributed by atoms with E-state index in [9.17, 15) is 4.79 Å². The highest BCUT2D eigenvalue weighted by Gasteiger charge is 2.14. The van der Waals surface area contributed by atoms with Gasteiger partial charge in [-0.05, 0) is 47.9 Å². The normalized spacial score (nSPS) is 11.5.